The molecular weight excluding hydrogens is 474 g/mol. The third kappa shape index (κ3) is 6.57. The highest BCUT2D eigenvalue weighted by molar-refractivity contribution is 8.18. The zero-order chi connectivity index (χ0) is 25.4. The minimum atomic E-state index is -1.11. The van der Waals surface area contributed by atoms with Crippen molar-refractivity contribution >= 4 is 40.5 Å². The van der Waals surface area contributed by atoms with Crippen LogP contribution < -0.4 is 14.2 Å². The Bertz CT molecular complexity index is 1180. The Morgan fingerprint density at radius 1 is 1.03 bits per heavy atom. The van der Waals surface area contributed by atoms with Crippen molar-refractivity contribution in [3.05, 3.63) is 64.3 Å². The molecule has 1 aliphatic heterocycles. The lowest BCUT2D eigenvalue weighted by molar-refractivity contribution is -0.139. The number of benzene rings is 2. The van der Waals surface area contributed by atoms with Crippen LogP contribution in [0, 0.1) is 0 Å². The molecule has 2 aromatic rings. The number of thioether (sulfide) groups is 1. The van der Waals surface area contributed by atoms with E-state index in [9.17, 15) is 14.7 Å². The van der Waals surface area contributed by atoms with Crippen LogP contribution in [0.4, 0.5) is 5.69 Å². The first-order valence-corrected chi connectivity index (χ1v) is 11.5. The quantitative estimate of drug-likeness (QED) is 0.446. The van der Waals surface area contributed by atoms with Gasteiger partial charge in [0.1, 0.15) is 22.1 Å². The van der Waals surface area contributed by atoms with E-state index in [0.29, 0.717) is 39.3 Å². The van der Waals surface area contributed by atoms with Crippen LogP contribution in [0.3, 0.4) is 0 Å². The number of hydrogen-bond acceptors (Lipinski definition) is 9. The number of rotatable bonds is 10. The topological polar surface area (TPSA) is 124 Å². The number of aliphatic hydroxyl groups excluding tert-OH is 1. The van der Waals surface area contributed by atoms with E-state index in [-0.39, 0.29) is 23.7 Å². The van der Waals surface area contributed by atoms with Crippen LogP contribution in [0.2, 0.25) is 0 Å². The van der Waals surface area contributed by atoms with Gasteiger partial charge in [-0.1, -0.05) is 17.8 Å². The lowest BCUT2D eigenvalue weighted by Gasteiger charge is -2.10. The molecule has 184 valence electrons. The van der Waals surface area contributed by atoms with Crippen LogP contribution >= 0.6 is 11.8 Å². The van der Waals surface area contributed by atoms with Gasteiger partial charge in [-0.2, -0.15) is 0 Å². The summed E-state index contributed by atoms with van der Waals surface area (Å²) in [6.45, 7) is 3.74. The summed E-state index contributed by atoms with van der Waals surface area (Å²) in [6, 6.07) is 11.9. The zero-order valence-electron chi connectivity index (χ0n) is 19.4. The standard InChI is InChI=1S/C25H25NO8S/c1-4-32-17-9-7-16(8-10-17)26-24-22(25(30)33-5-2)23(29)20(35-24)13-15-6-11-18(19(12-15)31-3)34-14-21(27)28/h6-13,29H,4-5,14H2,1-3H3,(H,27,28)/b20-13+,26-24?. The minimum Gasteiger partial charge on any atom is -0.506 e. The van der Waals surface area contributed by atoms with E-state index in [1.165, 1.54) is 7.11 Å². The number of esters is 1. The molecule has 10 heteroatoms. The van der Waals surface area contributed by atoms with Gasteiger partial charge in [0.05, 0.1) is 30.9 Å². The van der Waals surface area contributed by atoms with E-state index in [2.05, 4.69) is 4.99 Å². The number of methoxy groups -OCH3 is 1. The molecule has 1 heterocycles. The number of ether oxygens (including phenoxy) is 4. The molecule has 0 aromatic heterocycles. The first-order valence-electron chi connectivity index (χ1n) is 10.7. The van der Waals surface area contributed by atoms with Crippen LogP contribution in [0.25, 0.3) is 6.08 Å². The molecule has 0 fully saturated rings. The van der Waals surface area contributed by atoms with E-state index >= 15 is 0 Å². The second-order valence-corrected chi connectivity index (χ2v) is 8.02. The first-order chi connectivity index (χ1) is 16.9. The summed E-state index contributed by atoms with van der Waals surface area (Å²) in [6.07, 6.45) is 1.66. The number of carbonyl (C=O) groups excluding carboxylic acids is 1. The van der Waals surface area contributed by atoms with Gasteiger partial charge >= 0.3 is 11.9 Å². The Morgan fingerprint density at radius 2 is 1.77 bits per heavy atom. The second-order valence-electron chi connectivity index (χ2n) is 6.99. The average Bonchev–Trinajstić information content (AvgIpc) is 3.13. The summed E-state index contributed by atoms with van der Waals surface area (Å²) < 4.78 is 21.1. The fourth-order valence-corrected chi connectivity index (χ4v) is 4.11. The molecule has 1 aliphatic rings. The summed E-state index contributed by atoms with van der Waals surface area (Å²) >= 11 is 1.12. The normalized spacial score (nSPS) is 15.4. The molecule has 9 nitrogen and oxygen atoms in total. The third-order valence-electron chi connectivity index (χ3n) is 4.59. The van der Waals surface area contributed by atoms with Gasteiger partial charge in [-0.3, -0.25) is 0 Å². The Hall–Kier alpha value is -3.92. The van der Waals surface area contributed by atoms with E-state index in [4.69, 9.17) is 24.1 Å². The Morgan fingerprint density at radius 3 is 2.40 bits per heavy atom. The number of aliphatic carboxylic acids is 1. The fraction of sp³-hybridized carbons (Fsp3) is 0.240. The number of carboxylic acids is 1. The number of aliphatic hydroxyl groups is 1. The van der Waals surface area contributed by atoms with Crippen molar-refractivity contribution in [2.24, 2.45) is 4.99 Å². The molecule has 0 bridgehead atoms. The highest BCUT2D eigenvalue weighted by Crippen LogP contribution is 2.41. The Balaban J connectivity index is 1.95. The molecule has 0 amide bonds. The fourth-order valence-electron chi connectivity index (χ4n) is 3.08. The van der Waals surface area contributed by atoms with Gasteiger partial charge in [-0.25, -0.2) is 14.6 Å². The molecule has 0 spiro atoms. The predicted octanol–water partition coefficient (Wildman–Crippen LogP) is 4.75. The largest absolute Gasteiger partial charge is 0.506 e. The van der Waals surface area contributed by atoms with E-state index < -0.39 is 18.5 Å². The molecule has 0 saturated heterocycles. The van der Waals surface area contributed by atoms with E-state index in [1.54, 1.807) is 55.5 Å². The van der Waals surface area contributed by atoms with Crippen LogP contribution in [0.15, 0.2) is 63.7 Å². The van der Waals surface area contributed by atoms with Crippen LogP contribution in [-0.2, 0) is 14.3 Å². The minimum absolute atomic E-state index is 0.0228. The number of carbonyl (C=O) groups is 2. The van der Waals surface area contributed by atoms with Crippen LogP contribution in [0.5, 0.6) is 17.2 Å². The van der Waals surface area contributed by atoms with Crippen LogP contribution in [-0.4, -0.2) is 54.1 Å². The lowest BCUT2D eigenvalue weighted by Crippen LogP contribution is -2.12. The van der Waals surface area contributed by atoms with Gasteiger partial charge < -0.3 is 29.2 Å². The van der Waals surface area contributed by atoms with Gasteiger partial charge in [-0.15, -0.1) is 0 Å². The van der Waals surface area contributed by atoms with Gasteiger partial charge in [0.15, 0.2) is 18.1 Å². The molecular formula is C25H25NO8S. The van der Waals surface area contributed by atoms with Crippen molar-refractivity contribution in [3.63, 3.8) is 0 Å². The van der Waals surface area contributed by atoms with Gasteiger partial charge in [-0.05, 0) is 61.9 Å². The lowest BCUT2D eigenvalue weighted by atomic mass is 10.1. The first kappa shape index (κ1) is 25.7. The molecule has 3 rings (SSSR count). The number of hydrogen-bond donors (Lipinski definition) is 2. The highest BCUT2D eigenvalue weighted by Gasteiger charge is 2.33. The highest BCUT2D eigenvalue weighted by atomic mass is 32.2. The smallest absolute Gasteiger partial charge is 0.344 e. The summed E-state index contributed by atoms with van der Waals surface area (Å²) in [4.78, 5) is 28.3. The van der Waals surface area contributed by atoms with Crippen molar-refractivity contribution in [1.29, 1.82) is 0 Å². The van der Waals surface area contributed by atoms with Crippen molar-refractivity contribution in [3.8, 4) is 17.2 Å². The molecule has 0 radical (unpaired) electrons. The molecule has 2 aromatic carbocycles. The summed E-state index contributed by atoms with van der Waals surface area (Å²) in [7, 11) is 1.43. The number of aliphatic imine (C=N–C) groups is 1. The summed E-state index contributed by atoms with van der Waals surface area (Å²) in [5.74, 6) is -0.753. The third-order valence-corrected chi connectivity index (χ3v) is 5.61. The molecule has 0 aliphatic carbocycles. The SMILES string of the molecule is CCOC(=O)C1=C(O)/C(=C\c2ccc(OCC(=O)O)c(OC)c2)SC1=Nc1ccc(OCC)cc1. The molecule has 0 atom stereocenters. The van der Waals surface area contributed by atoms with Crippen molar-refractivity contribution < 1.29 is 38.7 Å². The van der Waals surface area contributed by atoms with Gasteiger partial charge in [0.25, 0.3) is 0 Å². The van der Waals surface area contributed by atoms with Crippen molar-refractivity contribution in [1.82, 2.24) is 0 Å². The number of nitrogens with zero attached hydrogens (tertiary/aromatic N) is 1. The van der Waals surface area contributed by atoms with Gasteiger partial charge in [0, 0.05) is 0 Å². The van der Waals surface area contributed by atoms with Crippen molar-refractivity contribution in [2.75, 3.05) is 26.9 Å². The molecule has 0 saturated carbocycles. The van der Waals surface area contributed by atoms with Crippen LogP contribution in [0.1, 0.15) is 19.4 Å². The maximum atomic E-state index is 12.6. The molecule has 0 unspecified atom stereocenters. The monoisotopic (exact) mass is 499 g/mol. The maximum Gasteiger partial charge on any atom is 0.344 e. The molecule has 35 heavy (non-hydrogen) atoms. The second kappa shape index (κ2) is 12.0. The predicted molar refractivity (Wildman–Crippen MR) is 133 cm³/mol. The zero-order valence-corrected chi connectivity index (χ0v) is 20.3. The van der Waals surface area contributed by atoms with E-state index in [0.717, 1.165) is 11.8 Å². The maximum absolute atomic E-state index is 12.6. The summed E-state index contributed by atoms with van der Waals surface area (Å²) in [5.41, 5.74) is 1.18. The summed E-state index contributed by atoms with van der Waals surface area (Å²) in [5, 5.41) is 20.0. The Labute approximate surface area is 206 Å². The van der Waals surface area contributed by atoms with Gasteiger partial charge in [0.2, 0.25) is 0 Å². The molecule has 2 N–H and O–H groups in total. The number of carboxylic acid groups (broad SMARTS) is 1. The van der Waals surface area contributed by atoms with Crippen molar-refractivity contribution in [2.45, 2.75) is 13.8 Å². The average molecular weight is 500 g/mol. The van der Waals surface area contributed by atoms with E-state index in [1.807, 2.05) is 6.92 Å². The Kier molecular flexibility index (Phi) is 8.80.